The summed E-state index contributed by atoms with van der Waals surface area (Å²) >= 11 is 0. The van der Waals surface area contributed by atoms with Gasteiger partial charge >= 0.3 is 0 Å². The van der Waals surface area contributed by atoms with Crippen LogP contribution in [0.15, 0.2) is 48.9 Å². The van der Waals surface area contributed by atoms with E-state index in [9.17, 15) is 14.4 Å². The molecular formula is C25H21N5O4. The van der Waals surface area contributed by atoms with Gasteiger partial charge < -0.3 is 9.64 Å². The molecule has 0 saturated carbocycles. The maximum absolute atomic E-state index is 13.1. The molecule has 0 spiro atoms. The van der Waals surface area contributed by atoms with E-state index < -0.39 is 17.2 Å². The number of hydrogen-bond acceptors (Lipinski definition) is 6. The lowest BCUT2D eigenvalue weighted by atomic mass is 9.85. The Balaban J connectivity index is 1.49. The van der Waals surface area contributed by atoms with Gasteiger partial charge in [0.25, 0.3) is 5.91 Å². The standard InChI is InChI=1S/C25H21N5O4/c1-29-13-18(12-27-29)22-16(4-3-9-26-22)7-8-25(11-21(31)28-24(25)33)15-30-14-17-5-6-19(34-2)10-20(17)23(30)32/h3-6,9-10,12-13H,11,14-15H2,1-2H3,(H,28,31,33)/t25-/m1/s1. The Bertz CT molecular complexity index is 1400. The van der Waals surface area contributed by atoms with Crippen LogP contribution in [0.4, 0.5) is 0 Å². The summed E-state index contributed by atoms with van der Waals surface area (Å²) < 4.78 is 6.89. The van der Waals surface area contributed by atoms with Crippen molar-refractivity contribution in [1.82, 2.24) is 25.0 Å². The maximum Gasteiger partial charge on any atom is 0.254 e. The Labute approximate surface area is 195 Å². The highest BCUT2D eigenvalue weighted by atomic mass is 16.5. The first-order valence-electron chi connectivity index (χ1n) is 10.7. The van der Waals surface area contributed by atoms with Crippen molar-refractivity contribution in [2.45, 2.75) is 13.0 Å². The van der Waals surface area contributed by atoms with Gasteiger partial charge in [-0.3, -0.25) is 29.4 Å². The van der Waals surface area contributed by atoms with Gasteiger partial charge in [-0.25, -0.2) is 0 Å². The van der Waals surface area contributed by atoms with E-state index in [1.165, 1.54) is 7.11 Å². The van der Waals surface area contributed by atoms with Gasteiger partial charge in [-0.2, -0.15) is 5.10 Å². The molecule has 34 heavy (non-hydrogen) atoms. The van der Waals surface area contributed by atoms with Crippen LogP contribution in [0.3, 0.4) is 0 Å². The zero-order chi connectivity index (χ0) is 23.9. The fourth-order valence-corrected chi connectivity index (χ4v) is 4.30. The third-order valence-corrected chi connectivity index (χ3v) is 6.03. The number of fused-ring (bicyclic) bond motifs is 1. The Morgan fingerprint density at radius 2 is 2.09 bits per heavy atom. The number of carbonyl (C=O) groups excluding carboxylic acids is 3. The lowest BCUT2D eigenvalue weighted by molar-refractivity contribution is -0.127. The molecule has 9 nitrogen and oxygen atoms in total. The van der Waals surface area contributed by atoms with Crippen molar-refractivity contribution in [3.8, 4) is 28.8 Å². The van der Waals surface area contributed by atoms with Gasteiger partial charge in [0.15, 0.2) is 0 Å². The maximum atomic E-state index is 13.1. The Hall–Kier alpha value is -4.45. The number of ether oxygens (including phenoxy) is 1. The fourth-order valence-electron chi connectivity index (χ4n) is 4.30. The predicted octanol–water partition coefficient (Wildman–Crippen LogP) is 1.53. The summed E-state index contributed by atoms with van der Waals surface area (Å²) in [5, 5.41) is 6.54. The fraction of sp³-hybridized carbons (Fsp3) is 0.240. The van der Waals surface area contributed by atoms with Crippen LogP contribution in [0.25, 0.3) is 11.3 Å². The van der Waals surface area contributed by atoms with Crippen LogP contribution in [-0.4, -0.2) is 51.0 Å². The number of pyridine rings is 1. The van der Waals surface area contributed by atoms with Crippen LogP contribution in [-0.2, 0) is 23.2 Å². The average Bonchev–Trinajstić information content (AvgIpc) is 3.48. The van der Waals surface area contributed by atoms with Crippen molar-refractivity contribution < 1.29 is 19.1 Å². The summed E-state index contributed by atoms with van der Waals surface area (Å²) in [6.45, 7) is 0.326. The molecule has 170 valence electrons. The molecule has 0 unspecified atom stereocenters. The molecule has 3 amide bonds. The highest BCUT2D eigenvalue weighted by Gasteiger charge is 2.48. The third kappa shape index (κ3) is 3.69. The minimum atomic E-state index is -1.36. The Morgan fingerprint density at radius 3 is 2.79 bits per heavy atom. The first-order valence-corrected chi connectivity index (χ1v) is 10.7. The number of aromatic nitrogens is 3. The predicted molar refractivity (Wildman–Crippen MR) is 121 cm³/mol. The second-order valence-electron chi connectivity index (χ2n) is 8.37. The zero-order valence-corrected chi connectivity index (χ0v) is 18.7. The first kappa shape index (κ1) is 21.4. The molecule has 3 aromatic rings. The van der Waals surface area contributed by atoms with Crippen LogP contribution < -0.4 is 10.1 Å². The molecule has 0 bridgehead atoms. The zero-order valence-electron chi connectivity index (χ0n) is 18.7. The van der Waals surface area contributed by atoms with E-state index in [0.717, 1.165) is 11.1 Å². The summed E-state index contributed by atoms with van der Waals surface area (Å²) in [5.41, 5.74) is 2.01. The van der Waals surface area contributed by atoms with Gasteiger partial charge in [0.2, 0.25) is 11.8 Å². The number of methoxy groups -OCH3 is 1. The largest absolute Gasteiger partial charge is 0.497 e. The third-order valence-electron chi connectivity index (χ3n) is 6.03. The molecule has 1 fully saturated rings. The van der Waals surface area contributed by atoms with Crippen molar-refractivity contribution in [3.05, 3.63) is 65.6 Å². The first-order chi connectivity index (χ1) is 16.4. The lowest BCUT2D eigenvalue weighted by Gasteiger charge is -2.25. The lowest BCUT2D eigenvalue weighted by Crippen LogP contribution is -2.42. The number of hydrogen-bond donors (Lipinski definition) is 1. The minimum absolute atomic E-state index is 0.00408. The van der Waals surface area contributed by atoms with Crippen LogP contribution in [0.1, 0.15) is 27.9 Å². The highest BCUT2D eigenvalue weighted by Crippen LogP contribution is 2.34. The van der Waals surface area contributed by atoms with Gasteiger partial charge in [-0.15, -0.1) is 0 Å². The number of benzene rings is 1. The Kier molecular flexibility index (Phi) is 5.13. The average molecular weight is 455 g/mol. The van der Waals surface area contributed by atoms with E-state index in [0.29, 0.717) is 29.1 Å². The molecule has 5 rings (SSSR count). The molecule has 2 aliphatic heterocycles. The minimum Gasteiger partial charge on any atom is -0.497 e. The van der Waals surface area contributed by atoms with E-state index in [2.05, 4.69) is 27.2 Å². The van der Waals surface area contributed by atoms with Gasteiger partial charge in [0, 0.05) is 43.7 Å². The normalized spacial score (nSPS) is 19.0. The van der Waals surface area contributed by atoms with Gasteiger partial charge in [-0.05, 0) is 29.8 Å². The molecular weight excluding hydrogens is 434 g/mol. The van der Waals surface area contributed by atoms with Crippen LogP contribution in [0.2, 0.25) is 0 Å². The van der Waals surface area contributed by atoms with Crippen molar-refractivity contribution >= 4 is 17.7 Å². The number of nitrogens with one attached hydrogen (secondary N) is 1. The van der Waals surface area contributed by atoms with Gasteiger partial charge in [0.1, 0.15) is 11.2 Å². The van der Waals surface area contributed by atoms with Crippen molar-refractivity contribution in [1.29, 1.82) is 0 Å². The number of amides is 3. The van der Waals surface area contributed by atoms with Crippen LogP contribution in [0.5, 0.6) is 5.75 Å². The summed E-state index contributed by atoms with van der Waals surface area (Å²) in [7, 11) is 3.35. The molecule has 9 heteroatoms. The number of aryl methyl sites for hydroxylation is 1. The second-order valence-corrected chi connectivity index (χ2v) is 8.37. The molecule has 0 aliphatic carbocycles. The molecule has 1 N–H and O–H groups in total. The monoisotopic (exact) mass is 455 g/mol. The quantitative estimate of drug-likeness (QED) is 0.472. The summed E-state index contributed by atoms with van der Waals surface area (Å²) in [6.07, 6.45) is 5.04. The Morgan fingerprint density at radius 1 is 1.24 bits per heavy atom. The van der Waals surface area contributed by atoms with Crippen LogP contribution in [0, 0.1) is 17.3 Å². The smallest absolute Gasteiger partial charge is 0.254 e. The topological polar surface area (TPSA) is 106 Å². The molecule has 4 heterocycles. The number of rotatable bonds is 4. The molecule has 0 radical (unpaired) electrons. The highest BCUT2D eigenvalue weighted by molar-refractivity contribution is 6.08. The molecule has 1 aromatic carbocycles. The number of carbonyl (C=O) groups is 3. The molecule has 1 saturated heterocycles. The van der Waals surface area contributed by atoms with Crippen LogP contribution >= 0.6 is 0 Å². The molecule has 2 aliphatic rings. The molecule has 1 atom stereocenters. The van der Waals surface area contributed by atoms with E-state index in [1.807, 2.05) is 19.3 Å². The number of imide groups is 1. The van der Waals surface area contributed by atoms with Gasteiger partial charge in [0.05, 0.1) is 31.0 Å². The summed E-state index contributed by atoms with van der Waals surface area (Å²) in [4.78, 5) is 44.2. The molecule has 2 aromatic heterocycles. The van der Waals surface area contributed by atoms with E-state index in [4.69, 9.17) is 4.74 Å². The summed E-state index contributed by atoms with van der Waals surface area (Å²) in [6, 6.07) is 8.86. The van der Waals surface area contributed by atoms with Gasteiger partial charge in [-0.1, -0.05) is 17.9 Å². The van der Waals surface area contributed by atoms with E-state index >= 15 is 0 Å². The second kappa shape index (κ2) is 8.15. The van der Waals surface area contributed by atoms with Crippen molar-refractivity contribution in [2.24, 2.45) is 12.5 Å². The van der Waals surface area contributed by atoms with Crippen molar-refractivity contribution in [2.75, 3.05) is 13.7 Å². The van der Waals surface area contributed by atoms with Crippen molar-refractivity contribution in [3.63, 3.8) is 0 Å². The van der Waals surface area contributed by atoms with E-state index in [1.54, 1.807) is 46.2 Å². The SMILES string of the molecule is COc1ccc2c(c1)C(=O)N(C[C@@]1(C#Cc3cccnc3-c3cnn(C)c3)CC(=O)NC1=O)C2. The van der Waals surface area contributed by atoms with E-state index in [-0.39, 0.29) is 18.9 Å². The summed E-state index contributed by atoms with van der Waals surface area (Å²) in [5.74, 6) is 5.54. The number of nitrogens with zero attached hydrogens (tertiary/aromatic N) is 4.